The molecule has 2 rings (SSSR count). The monoisotopic (exact) mass is 235 g/mol. The second-order valence-electron chi connectivity index (χ2n) is 4.11. The first-order valence-corrected chi connectivity index (χ1v) is 5.34. The van der Waals surface area contributed by atoms with Gasteiger partial charge in [-0.2, -0.15) is 0 Å². The Bertz CT molecular complexity index is 469. The summed E-state index contributed by atoms with van der Waals surface area (Å²) in [4.78, 5) is 22.2. The third-order valence-corrected chi connectivity index (χ3v) is 2.71. The largest absolute Gasteiger partial charge is 0.347 e. The molecular formula is C11H13N3O3. The molecule has 0 unspecified atom stereocenters. The quantitative estimate of drug-likeness (QED) is 0.593. The van der Waals surface area contributed by atoms with Crippen LogP contribution in [0.5, 0.6) is 0 Å². The smallest absolute Gasteiger partial charge is 0.282 e. The van der Waals surface area contributed by atoms with Crippen molar-refractivity contribution in [3.05, 3.63) is 39.4 Å². The van der Waals surface area contributed by atoms with Gasteiger partial charge in [-0.25, -0.2) is 0 Å². The Kier molecular flexibility index (Phi) is 3.06. The summed E-state index contributed by atoms with van der Waals surface area (Å²) < 4.78 is 0. The van der Waals surface area contributed by atoms with Gasteiger partial charge in [-0.15, -0.1) is 0 Å². The van der Waals surface area contributed by atoms with Crippen LogP contribution in [0.2, 0.25) is 0 Å². The van der Waals surface area contributed by atoms with Crippen molar-refractivity contribution >= 4 is 11.6 Å². The van der Waals surface area contributed by atoms with E-state index in [9.17, 15) is 14.9 Å². The lowest BCUT2D eigenvalue weighted by Crippen LogP contribution is -2.56. The van der Waals surface area contributed by atoms with Gasteiger partial charge in [0.05, 0.1) is 11.0 Å². The van der Waals surface area contributed by atoms with E-state index >= 15 is 0 Å². The highest BCUT2D eigenvalue weighted by Gasteiger charge is 2.24. The molecule has 90 valence electrons. The van der Waals surface area contributed by atoms with Gasteiger partial charge in [-0.3, -0.25) is 14.9 Å². The summed E-state index contributed by atoms with van der Waals surface area (Å²) in [5.41, 5.74) is 0.801. The van der Waals surface area contributed by atoms with E-state index in [0.29, 0.717) is 13.1 Å². The normalized spacial score (nSPS) is 15.1. The molecule has 0 atom stereocenters. The van der Waals surface area contributed by atoms with Crippen LogP contribution >= 0.6 is 0 Å². The molecule has 1 aromatic rings. The van der Waals surface area contributed by atoms with E-state index in [1.807, 2.05) is 0 Å². The zero-order chi connectivity index (χ0) is 12.4. The Hall–Kier alpha value is -1.95. The second-order valence-corrected chi connectivity index (χ2v) is 4.11. The summed E-state index contributed by atoms with van der Waals surface area (Å²) in [6.07, 6.45) is 0. The molecule has 1 heterocycles. The van der Waals surface area contributed by atoms with Crippen LogP contribution in [-0.2, 0) is 0 Å². The number of carbonyl (C=O) groups excluding carboxylic acids is 1. The molecule has 1 amide bonds. The fourth-order valence-corrected chi connectivity index (χ4v) is 1.64. The fourth-order valence-electron chi connectivity index (χ4n) is 1.64. The molecule has 0 saturated carbocycles. The van der Waals surface area contributed by atoms with Crippen molar-refractivity contribution < 1.29 is 9.72 Å². The van der Waals surface area contributed by atoms with Gasteiger partial charge in [0.25, 0.3) is 11.6 Å². The number of nitrogens with zero attached hydrogens (tertiary/aromatic N) is 1. The SMILES string of the molecule is Cc1ccc([N+](=O)[O-])c(C(=O)NC2CNC2)c1. The first-order valence-electron chi connectivity index (χ1n) is 5.34. The average molecular weight is 235 g/mol. The molecule has 1 fully saturated rings. The van der Waals surface area contributed by atoms with Crippen molar-refractivity contribution in [2.75, 3.05) is 13.1 Å². The Morgan fingerprint density at radius 2 is 2.24 bits per heavy atom. The van der Waals surface area contributed by atoms with Crippen LogP contribution in [-0.4, -0.2) is 30.0 Å². The highest BCUT2D eigenvalue weighted by atomic mass is 16.6. The molecule has 1 aromatic carbocycles. The lowest BCUT2D eigenvalue weighted by Gasteiger charge is -2.27. The van der Waals surface area contributed by atoms with E-state index in [2.05, 4.69) is 10.6 Å². The molecule has 1 saturated heterocycles. The maximum atomic E-state index is 11.9. The molecule has 17 heavy (non-hydrogen) atoms. The van der Waals surface area contributed by atoms with Crippen LogP contribution < -0.4 is 10.6 Å². The van der Waals surface area contributed by atoms with Crippen LogP contribution in [0.25, 0.3) is 0 Å². The van der Waals surface area contributed by atoms with E-state index in [1.165, 1.54) is 6.07 Å². The molecule has 2 N–H and O–H groups in total. The molecule has 0 spiro atoms. The number of hydrogen-bond acceptors (Lipinski definition) is 4. The number of nitro groups is 1. The fraction of sp³-hybridized carbons (Fsp3) is 0.364. The summed E-state index contributed by atoms with van der Waals surface area (Å²) in [5, 5.41) is 16.6. The van der Waals surface area contributed by atoms with Gasteiger partial charge in [-0.1, -0.05) is 6.07 Å². The second kappa shape index (κ2) is 4.50. The zero-order valence-electron chi connectivity index (χ0n) is 9.40. The number of nitrogens with one attached hydrogen (secondary N) is 2. The summed E-state index contributed by atoms with van der Waals surface area (Å²) in [6, 6.07) is 4.60. The van der Waals surface area contributed by atoms with Crippen molar-refractivity contribution in [1.82, 2.24) is 10.6 Å². The summed E-state index contributed by atoms with van der Waals surface area (Å²) in [5.74, 6) is -0.383. The highest BCUT2D eigenvalue weighted by molar-refractivity contribution is 5.98. The predicted molar refractivity (Wildman–Crippen MR) is 62.0 cm³/mol. The number of benzene rings is 1. The molecule has 6 nitrogen and oxygen atoms in total. The number of nitro benzene ring substituents is 1. The van der Waals surface area contributed by atoms with Crippen molar-refractivity contribution in [2.24, 2.45) is 0 Å². The van der Waals surface area contributed by atoms with E-state index in [-0.39, 0.29) is 23.2 Å². The maximum absolute atomic E-state index is 11.9. The van der Waals surface area contributed by atoms with E-state index in [0.717, 1.165) is 5.56 Å². The Morgan fingerprint density at radius 3 is 2.76 bits per heavy atom. The molecule has 6 heteroatoms. The third kappa shape index (κ3) is 2.42. The van der Waals surface area contributed by atoms with E-state index in [4.69, 9.17) is 0 Å². The van der Waals surface area contributed by atoms with Gasteiger partial charge in [-0.05, 0) is 18.6 Å². The number of carbonyl (C=O) groups is 1. The van der Waals surface area contributed by atoms with Crippen LogP contribution in [0.3, 0.4) is 0 Å². The topological polar surface area (TPSA) is 84.3 Å². The number of aryl methyl sites for hydroxylation is 1. The van der Waals surface area contributed by atoms with Crippen LogP contribution in [0, 0.1) is 17.0 Å². The molecular weight excluding hydrogens is 222 g/mol. The minimum Gasteiger partial charge on any atom is -0.347 e. The van der Waals surface area contributed by atoms with Crippen LogP contribution in [0.4, 0.5) is 5.69 Å². The molecule has 0 aromatic heterocycles. The molecule has 0 bridgehead atoms. The first-order chi connectivity index (χ1) is 8.08. The standard InChI is InChI=1S/C11H13N3O3/c1-7-2-3-10(14(16)17)9(4-7)11(15)13-8-5-12-6-8/h2-4,8,12H,5-6H2,1H3,(H,13,15). The van der Waals surface area contributed by atoms with Gasteiger partial charge < -0.3 is 10.6 Å². The van der Waals surface area contributed by atoms with Crippen molar-refractivity contribution in [1.29, 1.82) is 0 Å². The van der Waals surface area contributed by atoms with Gasteiger partial charge in [0, 0.05) is 19.2 Å². The summed E-state index contributed by atoms with van der Waals surface area (Å²) in [7, 11) is 0. The lowest BCUT2D eigenvalue weighted by atomic mass is 10.1. The van der Waals surface area contributed by atoms with E-state index < -0.39 is 4.92 Å². The van der Waals surface area contributed by atoms with Crippen LogP contribution in [0.1, 0.15) is 15.9 Å². The maximum Gasteiger partial charge on any atom is 0.282 e. The molecule has 1 aliphatic heterocycles. The molecule has 0 aliphatic carbocycles. The molecule has 1 aliphatic rings. The summed E-state index contributed by atoms with van der Waals surface area (Å²) in [6.45, 7) is 3.22. The van der Waals surface area contributed by atoms with Crippen molar-refractivity contribution in [2.45, 2.75) is 13.0 Å². The first kappa shape index (κ1) is 11.5. The predicted octanol–water partition coefficient (Wildman–Crippen LogP) is 0.605. The number of hydrogen-bond donors (Lipinski definition) is 2. The average Bonchev–Trinajstić information content (AvgIpc) is 2.22. The minimum absolute atomic E-state index is 0.0719. The highest BCUT2D eigenvalue weighted by Crippen LogP contribution is 2.19. The van der Waals surface area contributed by atoms with Gasteiger partial charge in [0.1, 0.15) is 5.56 Å². The van der Waals surface area contributed by atoms with Crippen molar-refractivity contribution in [3.8, 4) is 0 Å². The zero-order valence-corrected chi connectivity index (χ0v) is 9.40. The number of amides is 1. The Morgan fingerprint density at radius 1 is 1.53 bits per heavy atom. The van der Waals surface area contributed by atoms with E-state index in [1.54, 1.807) is 19.1 Å². The Labute approximate surface area is 98.2 Å². The van der Waals surface area contributed by atoms with Gasteiger partial charge >= 0.3 is 0 Å². The van der Waals surface area contributed by atoms with Crippen LogP contribution in [0.15, 0.2) is 18.2 Å². The molecule has 0 radical (unpaired) electrons. The van der Waals surface area contributed by atoms with Gasteiger partial charge in [0.15, 0.2) is 0 Å². The summed E-state index contributed by atoms with van der Waals surface area (Å²) >= 11 is 0. The number of rotatable bonds is 3. The van der Waals surface area contributed by atoms with Gasteiger partial charge in [0.2, 0.25) is 0 Å². The van der Waals surface area contributed by atoms with Crippen molar-refractivity contribution in [3.63, 3.8) is 0 Å². The minimum atomic E-state index is -0.534. The third-order valence-electron chi connectivity index (χ3n) is 2.71. The lowest BCUT2D eigenvalue weighted by molar-refractivity contribution is -0.385. The Balaban J connectivity index is 2.25.